The quantitative estimate of drug-likeness (QED) is 0.757. The molecule has 0 spiro atoms. The van der Waals surface area contributed by atoms with Gasteiger partial charge in [0.15, 0.2) is 0 Å². The second kappa shape index (κ2) is 7.41. The van der Waals surface area contributed by atoms with E-state index >= 15 is 0 Å². The molecule has 0 radical (unpaired) electrons. The largest absolute Gasteiger partial charge is 0.394 e. The molecule has 1 aromatic carbocycles. The highest BCUT2D eigenvalue weighted by Gasteiger charge is 2.21. The first-order valence-corrected chi connectivity index (χ1v) is 7.62. The monoisotopic (exact) mass is 317 g/mol. The summed E-state index contributed by atoms with van der Waals surface area (Å²) < 4.78 is 1.14. The van der Waals surface area contributed by atoms with Crippen LogP contribution in [0.4, 0.5) is 0 Å². The second-order valence-electron chi connectivity index (χ2n) is 4.28. The molecule has 0 heterocycles. The van der Waals surface area contributed by atoms with Crippen molar-refractivity contribution in [2.24, 2.45) is 0 Å². The van der Waals surface area contributed by atoms with Gasteiger partial charge in [-0.15, -0.1) is 11.8 Å². The molecule has 0 aliphatic heterocycles. The number of halogens is 1. The minimum atomic E-state index is -0.164. The summed E-state index contributed by atoms with van der Waals surface area (Å²) in [6.45, 7) is 5.19. The zero-order chi connectivity index (χ0) is 12.7. The van der Waals surface area contributed by atoms with Crippen LogP contribution in [0.1, 0.15) is 20.3 Å². The number of nitrogens with one attached hydrogen (secondary N) is 1. The van der Waals surface area contributed by atoms with E-state index in [-0.39, 0.29) is 12.1 Å². The van der Waals surface area contributed by atoms with Crippen LogP contribution in [0, 0.1) is 0 Å². The molecule has 96 valence electrons. The number of rotatable bonds is 7. The fourth-order valence-electron chi connectivity index (χ4n) is 1.60. The first-order valence-electron chi connectivity index (χ1n) is 5.84. The molecule has 17 heavy (non-hydrogen) atoms. The van der Waals surface area contributed by atoms with Crippen molar-refractivity contribution < 1.29 is 5.11 Å². The van der Waals surface area contributed by atoms with Crippen molar-refractivity contribution in [2.45, 2.75) is 30.7 Å². The van der Waals surface area contributed by atoms with E-state index in [1.54, 1.807) is 0 Å². The van der Waals surface area contributed by atoms with Crippen LogP contribution in [-0.2, 0) is 0 Å². The lowest BCUT2D eigenvalue weighted by Crippen LogP contribution is -2.46. The Kier molecular flexibility index (Phi) is 6.55. The van der Waals surface area contributed by atoms with E-state index in [0.717, 1.165) is 23.2 Å². The fourth-order valence-corrected chi connectivity index (χ4v) is 3.38. The molecule has 0 aliphatic rings. The van der Waals surface area contributed by atoms with E-state index in [9.17, 15) is 5.11 Å². The number of hydrogen-bond donors (Lipinski definition) is 2. The Bertz CT molecular complexity index is 348. The third kappa shape index (κ3) is 5.00. The Labute approximate surface area is 116 Å². The van der Waals surface area contributed by atoms with E-state index < -0.39 is 0 Å². The molecular weight excluding hydrogens is 298 g/mol. The first kappa shape index (κ1) is 15.0. The molecule has 0 aliphatic carbocycles. The van der Waals surface area contributed by atoms with Gasteiger partial charge in [-0.2, -0.15) is 0 Å². The normalized spacial score (nSPS) is 14.6. The second-order valence-corrected chi connectivity index (χ2v) is 6.27. The molecule has 1 aromatic rings. The summed E-state index contributed by atoms with van der Waals surface area (Å²) in [5.74, 6) is 0.993. The molecule has 1 rings (SSSR count). The van der Waals surface area contributed by atoms with Crippen molar-refractivity contribution in [1.29, 1.82) is 0 Å². The Balaban J connectivity index is 2.44. The van der Waals surface area contributed by atoms with Crippen molar-refractivity contribution in [1.82, 2.24) is 5.32 Å². The highest BCUT2D eigenvalue weighted by molar-refractivity contribution is 9.10. The summed E-state index contributed by atoms with van der Waals surface area (Å²) in [5, 5.41) is 12.7. The number of likely N-dealkylation sites (N-methyl/N-ethyl adjacent to an activating group) is 1. The maximum Gasteiger partial charge on any atom is 0.0610 e. The number of thioether (sulfide) groups is 1. The Morgan fingerprint density at radius 3 is 2.71 bits per heavy atom. The van der Waals surface area contributed by atoms with E-state index in [0.29, 0.717) is 0 Å². The van der Waals surface area contributed by atoms with Gasteiger partial charge in [0, 0.05) is 14.9 Å². The van der Waals surface area contributed by atoms with Crippen LogP contribution < -0.4 is 5.32 Å². The predicted molar refractivity (Wildman–Crippen MR) is 78.7 cm³/mol. The molecule has 0 bridgehead atoms. The molecule has 0 fully saturated rings. The van der Waals surface area contributed by atoms with Gasteiger partial charge >= 0.3 is 0 Å². The van der Waals surface area contributed by atoms with E-state index in [4.69, 9.17) is 0 Å². The summed E-state index contributed by atoms with van der Waals surface area (Å²) in [5.41, 5.74) is -0.164. The SMILES string of the molecule is CCNC(C)(CO)CCSc1ccccc1Br. The lowest BCUT2D eigenvalue weighted by Gasteiger charge is -2.28. The minimum Gasteiger partial charge on any atom is -0.394 e. The maximum absolute atomic E-state index is 9.39. The van der Waals surface area contributed by atoms with Crippen LogP contribution in [0.5, 0.6) is 0 Å². The molecule has 0 saturated carbocycles. The van der Waals surface area contributed by atoms with Crippen LogP contribution in [0.3, 0.4) is 0 Å². The average molecular weight is 318 g/mol. The van der Waals surface area contributed by atoms with Gasteiger partial charge in [-0.3, -0.25) is 0 Å². The van der Waals surface area contributed by atoms with Gasteiger partial charge in [0.25, 0.3) is 0 Å². The zero-order valence-corrected chi connectivity index (χ0v) is 12.8. The highest BCUT2D eigenvalue weighted by Crippen LogP contribution is 2.28. The van der Waals surface area contributed by atoms with Gasteiger partial charge in [-0.1, -0.05) is 19.1 Å². The predicted octanol–water partition coefficient (Wildman–Crippen LogP) is 3.29. The minimum absolute atomic E-state index is 0.164. The van der Waals surface area contributed by atoms with Gasteiger partial charge in [0.05, 0.1) is 6.61 Å². The van der Waals surface area contributed by atoms with Crippen LogP contribution in [0.25, 0.3) is 0 Å². The number of aliphatic hydroxyl groups excluding tert-OH is 1. The van der Waals surface area contributed by atoms with Crippen LogP contribution >= 0.6 is 27.7 Å². The van der Waals surface area contributed by atoms with E-state index in [1.165, 1.54) is 4.90 Å². The Hall–Kier alpha value is -0.0300. The topological polar surface area (TPSA) is 32.3 Å². The standard InChI is InChI=1S/C13H20BrNOS/c1-3-15-13(2,10-16)8-9-17-12-7-5-4-6-11(12)14/h4-7,15-16H,3,8-10H2,1-2H3. The van der Waals surface area contributed by atoms with Crippen molar-refractivity contribution in [3.8, 4) is 0 Å². The summed E-state index contributed by atoms with van der Waals surface area (Å²) in [6.07, 6.45) is 0.948. The Morgan fingerprint density at radius 1 is 1.41 bits per heavy atom. The molecular formula is C13H20BrNOS. The molecule has 0 aromatic heterocycles. The molecule has 0 amide bonds. The molecule has 1 unspecified atom stereocenters. The number of hydrogen-bond acceptors (Lipinski definition) is 3. The van der Waals surface area contributed by atoms with Gasteiger partial charge in [0.2, 0.25) is 0 Å². The molecule has 2 N–H and O–H groups in total. The number of aliphatic hydroxyl groups is 1. The van der Waals surface area contributed by atoms with Crippen LogP contribution in [0.15, 0.2) is 33.6 Å². The summed E-state index contributed by atoms with van der Waals surface area (Å²) in [6, 6.07) is 8.23. The van der Waals surface area contributed by atoms with Crippen LogP contribution in [0.2, 0.25) is 0 Å². The number of benzene rings is 1. The van der Waals surface area contributed by atoms with Crippen molar-refractivity contribution in [2.75, 3.05) is 18.9 Å². The summed E-state index contributed by atoms with van der Waals surface area (Å²) in [4.78, 5) is 1.25. The average Bonchev–Trinajstić information content (AvgIpc) is 2.32. The molecule has 4 heteroatoms. The van der Waals surface area contributed by atoms with Crippen LogP contribution in [-0.4, -0.2) is 29.5 Å². The Morgan fingerprint density at radius 2 is 2.12 bits per heavy atom. The van der Waals surface area contributed by atoms with Crippen molar-refractivity contribution >= 4 is 27.7 Å². The molecule has 1 atom stereocenters. The summed E-state index contributed by atoms with van der Waals surface area (Å²) in [7, 11) is 0. The lowest BCUT2D eigenvalue weighted by atomic mass is 10.0. The van der Waals surface area contributed by atoms with E-state index in [1.807, 2.05) is 23.9 Å². The fraction of sp³-hybridized carbons (Fsp3) is 0.538. The first-order chi connectivity index (χ1) is 8.11. The summed E-state index contributed by atoms with van der Waals surface area (Å²) >= 11 is 5.36. The lowest BCUT2D eigenvalue weighted by molar-refractivity contribution is 0.173. The van der Waals surface area contributed by atoms with Crippen molar-refractivity contribution in [3.05, 3.63) is 28.7 Å². The van der Waals surface area contributed by atoms with Gasteiger partial charge < -0.3 is 10.4 Å². The smallest absolute Gasteiger partial charge is 0.0610 e. The maximum atomic E-state index is 9.39. The zero-order valence-electron chi connectivity index (χ0n) is 10.4. The van der Waals surface area contributed by atoms with Crippen molar-refractivity contribution in [3.63, 3.8) is 0 Å². The molecule has 2 nitrogen and oxygen atoms in total. The van der Waals surface area contributed by atoms with E-state index in [2.05, 4.69) is 47.2 Å². The highest BCUT2D eigenvalue weighted by atomic mass is 79.9. The van der Waals surface area contributed by atoms with Gasteiger partial charge in [-0.05, 0) is 53.7 Å². The third-order valence-electron chi connectivity index (χ3n) is 2.70. The molecule has 0 saturated heterocycles. The van der Waals surface area contributed by atoms with Gasteiger partial charge in [0.1, 0.15) is 0 Å². The van der Waals surface area contributed by atoms with Gasteiger partial charge in [-0.25, -0.2) is 0 Å². The third-order valence-corrected chi connectivity index (χ3v) is 4.73.